The number of carboxylic acid groups (broad SMARTS) is 1. The predicted molar refractivity (Wildman–Crippen MR) is 66.6 cm³/mol. The average Bonchev–Trinajstić information content (AvgIpc) is 2.34. The van der Waals surface area contributed by atoms with Crippen LogP contribution in [0.3, 0.4) is 0 Å². The highest BCUT2D eigenvalue weighted by Gasteiger charge is 2.14. The lowest BCUT2D eigenvalue weighted by molar-refractivity contribution is 0.0691. The minimum absolute atomic E-state index is 0.00877. The van der Waals surface area contributed by atoms with E-state index in [1.54, 1.807) is 19.1 Å². The van der Waals surface area contributed by atoms with Crippen molar-refractivity contribution in [3.8, 4) is 0 Å². The smallest absolute Gasteiger partial charge is 0.336 e. The molecule has 0 fully saturated rings. The van der Waals surface area contributed by atoms with Crippen LogP contribution in [0.4, 0.5) is 0 Å². The van der Waals surface area contributed by atoms with Crippen molar-refractivity contribution in [2.45, 2.75) is 25.9 Å². The van der Waals surface area contributed by atoms with E-state index in [4.69, 9.17) is 10.2 Å². The average molecular weight is 251 g/mol. The van der Waals surface area contributed by atoms with Gasteiger partial charge < -0.3 is 15.5 Å². The van der Waals surface area contributed by atoms with Crippen LogP contribution in [0.15, 0.2) is 24.3 Å². The normalized spacial score (nSPS) is 11.9. The third-order valence-corrected chi connectivity index (χ3v) is 2.49. The van der Waals surface area contributed by atoms with Crippen molar-refractivity contribution in [3.63, 3.8) is 0 Å². The van der Waals surface area contributed by atoms with Gasteiger partial charge in [0.1, 0.15) is 0 Å². The molecule has 0 heterocycles. The third kappa shape index (κ3) is 4.18. The molecular weight excluding hydrogens is 234 g/mol. The predicted octanol–water partition coefficient (Wildman–Crippen LogP) is 1.28. The number of carbonyl (C=O) groups is 2. The van der Waals surface area contributed by atoms with E-state index in [9.17, 15) is 9.59 Å². The van der Waals surface area contributed by atoms with Crippen molar-refractivity contribution in [1.29, 1.82) is 0 Å². The van der Waals surface area contributed by atoms with Crippen molar-refractivity contribution in [1.82, 2.24) is 5.32 Å². The lowest BCUT2D eigenvalue weighted by atomic mass is 10.1. The lowest BCUT2D eigenvalue weighted by Gasteiger charge is -2.08. The molecule has 0 aliphatic heterocycles. The monoisotopic (exact) mass is 251 g/mol. The van der Waals surface area contributed by atoms with Crippen molar-refractivity contribution in [2.75, 3.05) is 6.54 Å². The van der Waals surface area contributed by atoms with Crippen LogP contribution in [0.5, 0.6) is 0 Å². The zero-order valence-corrected chi connectivity index (χ0v) is 10.2. The summed E-state index contributed by atoms with van der Waals surface area (Å²) >= 11 is 0. The van der Waals surface area contributed by atoms with Crippen LogP contribution in [-0.4, -0.2) is 34.7 Å². The van der Waals surface area contributed by atoms with Gasteiger partial charge in [0.2, 0.25) is 0 Å². The molecule has 0 saturated carbocycles. The van der Waals surface area contributed by atoms with Gasteiger partial charge in [-0.1, -0.05) is 12.1 Å². The molecule has 1 amide bonds. The van der Waals surface area contributed by atoms with Gasteiger partial charge in [0.25, 0.3) is 5.91 Å². The minimum atomic E-state index is -1.12. The summed E-state index contributed by atoms with van der Waals surface area (Å²) in [6, 6.07) is 6.07. The maximum absolute atomic E-state index is 11.8. The minimum Gasteiger partial charge on any atom is -0.478 e. The number of aliphatic hydroxyl groups excluding tert-OH is 1. The number of nitrogens with one attached hydrogen (secondary N) is 1. The fourth-order valence-electron chi connectivity index (χ4n) is 1.56. The van der Waals surface area contributed by atoms with Crippen LogP contribution in [-0.2, 0) is 0 Å². The van der Waals surface area contributed by atoms with Crippen molar-refractivity contribution in [3.05, 3.63) is 35.4 Å². The van der Waals surface area contributed by atoms with E-state index >= 15 is 0 Å². The van der Waals surface area contributed by atoms with Crippen LogP contribution < -0.4 is 5.32 Å². The fraction of sp³-hybridized carbons (Fsp3) is 0.385. The molecule has 3 N–H and O–H groups in total. The van der Waals surface area contributed by atoms with E-state index in [1.165, 1.54) is 12.1 Å². The maximum Gasteiger partial charge on any atom is 0.336 e. The molecule has 0 aromatic heterocycles. The first-order chi connectivity index (χ1) is 8.52. The number of aliphatic hydroxyl groups is 1. The van der Waals surface area contributed by atoms with E-state index < -0.39 is 18.0 Å². The second-order valence-corrected chi connectivity index (χ2v) is 4.10. The Labute approximate surface area is 105 Å². The van der Waals surface area contributed by atoms with Crippen LogP contribution >= 0.6 is 0 Å². The van der Waals surface area contributed by atoms with Gasteiger partial charge in [0.05, 0.1) is 17.2 Å². The molecular formula is C13H17NO4. The molecule has 5 nitrogen and oxygen atoms in total. The van der Waals surface area contributed by atoms with Crippen molar-refractivity contribution in [2.24, 2.45) is 0 Å². The molecule has 1 aromatic carbocycles. The van der Waals surface area contributed by atoms with Gasteiger partial charge in [-0.2, -0.15) is 0 Å². The first-order valence-corrected chi connectivity index (χ1v) is 5.81. The van der Waals surface area contributed by atoms with Gasteiger partial charge in [-0.3, -0.25) is 4.79 Å². The van der Waals surface area contributed by atoms with Crippen molar-refractivity contribution < 1.29 is 19.8 Å². The first-order valence-electron chi connectivity index (χ1n) is 5.81. The van der Waals surface area contributed by atoms with Crippen LogP contribution in [0, 0.1) is 0 Å². The number of hydrogen-bond acceptors (Lipinski definition) is 3. The van der Waals surface area contributed by atoms with E-state index in [0.29, 0.717) is 19.4 Å². The Hall–Kier alpha value is -1.88. The number of hydrogen-bond donors (Lipinski definition) is 3. The van der Waals surface area contributed by atoms with Gasteiger partial charge in [0.15, 0.2) is 0 Å². The Morgan fingerprint density at radius 1 is 1.28 bits per heavy atom. The van der Waals surface area contributed by atoms with Crippen LogP contribution in [0.1, 0.15) is 40.5 Å². The number of aromatic carboxylic acids is 1. The van der Waals surface area contributed by atoms with Gasteiger partial charge in [-0.15, -0.1) is 0 Å². The Morgan fingerprint density at radius 3 is 2.44 bits per heavy atom. The number of amides is 1. The Morgan fingerprint density at radius 2 is 1.89 bits per heavy atom. The quantitative estimate of drug-likeness (QED) is 0.665. The molecule has 0 spiro atoms. The van der Waals surface area contributed by atoms with Gasteiger partial charge >= 0.3 is 5.97 Å². The molecule has 0 aliphatic carbocycles. The summed E-state index contributed by atoms with van der Waals surface area (Å²) in [5.74, 6) is -1.52. The topological polar surface area (TPSA) is 86.6 Å². The molecule has 1 atom stereocenters. The van der Waals surface area contributed by atoms with Crippen molar-refractivity contribution >= 4 is 11.9 Å². The first kappa shape index (κ1) is 14.2. The van der Waals surface area contributed by atoms with E-state index in [1.807, 2.05) is 0 Å². The molecule has 0 saturated heterocycles. The summed E-state index contributed by atoms with van der Waals surface area (Å²) < 4.78 is 0. The van der Waals surface area contributed by atoms with Gasteiger partial charge in [-0.05, 0) is 31.9 Å². The molecule has 0 aliphatic rings. The molecule has 0 bridgehead atoms. The second kappa shape index (κ2) is 6.76. The summed E-state index contributed by atoms with van der Waals surface area (Å²) in [5.41, 5.74) is 0.146. The number of carboxylic acids is 1. The second-order valence-electron chi connectivity index (χ2n) is 4.10. The summed E-state index contributed by atoms with van der Waals surface area (Å²) in [6.45, 7) is 2.10. The summed E-state index contributed by atoms with van der Waals surface area (Å²) in [7, 11) is 0. The highest BCUT2D eigenvalue weighted by Crippen LogP contribution is 2.08. The molecule has 1 aromatic rings. The number of carbonyl (C=O) groups excluding carboxylic acids is 1. The molecule has 0 radical (unpaired) electrons. The molecule has 1 unspecified atom stereocenters. The Kier molecular flexibility index (Phi) is 5.32. The van der Waals surface area contributed by atoms with E-state index in [-0.39, 0.29) is 11.1 Å². The van der Waals surface area contributed by atoms with Gasteiger partial charge in [0, 0.05) is 6.54 Å². The van der Waals surface area contributed by atoms with Gasteiger partial charge in [-0.25, -0.2) is 4.79 Å². The Balaban J connectivity index is 2.59. The zero-order valence-electron chi connectivity index (χ0n) is 10.2. The molecule has 98 valence electrons. The third-order valence-electron chi connectivity index (χ3n) is 2.49. The highest BCUT2D eigenvalue weighted by atomic mass is 16.4. The molecule has 18 heavy (non-hydrogen) atoms. The molecule has 1 rings (SSSR count). The maximum atomic E-state index is 11.8. The molecule has 5 heteroatoms. The fourth-order valence-corrected chi connectivity index (χ4v) is 1.56. The SMILES string of the molecule is CC(O)CCCNC(=O)c1ccccc1C(=O)O. The van der Waals surface area contributed by atoms with E-state index in [0.717, 1.165) is 0 Å². The van der Waals surface area contributed by atoms with Crippen LogP contribution in [0.2, 0.25) is 0 Å². The van der Waals surface area contributed by atoms with Crippen LogP contribution in [0.25, 0.3) is 0 Å². The summed E-state index contributed by atoms with van der Waals surface area (Å²) in [4.78, 5) is 22.7. The Bertz CT molecular complexity index is 429. The zero-order chi connectivity index (χ0) is 13.5. The number of rotatable bonds is 6. The highest BCUT2D eigenvalue weighted by molar-refractivity contribution is 6.04. The lowest BCUT2D eigenvalue weighted by Crippen LogP contribution is -2.26. The standard InChI is InChI=1S/C13H17NO4/c1-9(15)5-4-8-14-12(16)10-6-2-3-7-11(10)13(17)18/h2-3,6-7,9,15H,4-5,8H2,1H3,(H,14,16)(H,17,18). The summed E-state index contributed by atoms with van der Waals surface area (Å²) in [6.07, 6.45) is 0.854. The largest absolute Gasteiger partial charge is 0.478 e. The number of benzene rings is 1. The summed E-state index contributed by atoms with van der Waals surface area (Å²) in [5, 5.41) is 20.6. The van der Waals surface area contributed by atoms with E-state index in [2.05, 4.69) is 5.32 Å².